The minimum atomic E-state index is -4.43. The molecule has 1 aliphatic heterocycles. The van der Waals surface area contributed by atoms with E-state index in [1.807, 2.05) is 6.92 Å². The third-order valence-corrected chi connectivity index (χ3v) is 6.75. The Morgan fingerprint density at radius 2 is 1.66 bits per heavy atom. The minimum Gasteiger partial charge on any atom is -0.484 e. The number of hydrogen-bond donors (Lipinski definition) is 1. The number of nitrogens with one attached hydrogen (secondary N) is 1. The number of aryl methyl sites for hydroxylation is 1. The molecule has 2 aromatic carbocycles. The Balaban J connectivity index is 1.47. The maximum absolute atomic E-state index is 12.7. The predicted octanol–water partition coefficient (Wildman–Crippen LogP) is 4.34. The molecule has 0 unspecified atom stereocenters. The molecule has 7 nitrogen and oxygen atoms in total. The van der Waals surface area contributed by atoms with Gasteiger partial charge in [-0.25, -0.2) is 13.2 Å². The third kappa shape index (κ3) is 6.60. The Hall–Kier alpha value is -2.79. The van der Waals surface area contributed by atoms with Gasteiger partial charge in [0.2, 0.25) is 10.0 Å². The molecule has 0 radical (unpaired) electrons. The molecule has 1 heterocycles. The smallest absolute Gasteiger partial charge is 0.422 e. The van der Waals surface area contributed by atoms with E-state index in [0.717, 1.165) is 5.56 Å². The normalized spacial score (nSPS) is 15.9. The van der Waals surface area contributed by atoms with Gasteiger partial charge in [-0.2, -0.15) is 17.5 Å². The van der Waals surface area contributed by atoms with Crippen LogP contribution in [0.25, 0.3) is 0 Å². The van der Waals surface area contributed by atoms with Crippen molar-refractivity contribution in [2.24, 2.45) is 0 Å². The van der Waals surface area contributed by atoms with E-state index in [1.165, 1.54) is 28.6 Å². The monoisotopic (exact) mass is 472 g/mol. The molecule has 2 aromatic rings. The summed E-state index contributed by atoms with van der Waals surface area (Å²) in [6.45, 7) is 0.916. The summed E-state index contributed by atoms with van der Waals surface area (Å²) >= 11 is 0. The zero-order valence-corrected chi connectivity index (χ0v) is 18.1. The first kappa shape index (κ1) is 23.9. The van der Waals surface area contributed by atoms with Crippen LogP contribution < -0.4 is 10.1 Å². The highest BCUT2D eigenvalue weighted by molar-refractivity contribution is 7.89. The number of carbonyl (C=O) groups is 1. The van der Waals surface area contributed by atoms with Gasteiger partial charge < -0.3 is 9.47 Å². The molecule has 0 saturated carbocycles. The van der Waals surface area contributed by atoms with Gasteiger partial charge in [-0.15, -0.1) is 0 Å². The molecule has 11 heteroatoms. The fraction of sp³-hybridized carbons (Fsp3) is 0.381. The number of sulfonamides is 1. The quantitative estimate of drug-likeness (QED) is 0.676. The molecule has 0 bridgehead atoms. The third-order valence-electron chi connectivity index (χ3n) is 4.84. The van der Waals surface area contributed by atoms with Crippen LogP contribution in [0.4, 0.5) is 23.7 Å². The molecule has 0 aromatic heterocycles. The van der Waals surface area contributed by atoms with E-state index in [9.17, 15) is 26.4 Å². The zero-order valence-electron chi connectivity index (χ0n) is 17.3. The van der Waals surface area contributed by atoms with Gasteiger partial charge in [-0.1, -0.05) is 17.7 Å². The SMILES string of the molecule is Cc1ccc(S(=O)(=O)N2CCC(OC(=O)Nc3ccc(OCC(F)(F)F)cc3)CC2)cc1. The molecular weight excluding hydrogens is 449 g/mol. The van der Waals surface area contributed by atoms with E-state index in [1.54, 1.807) is 24.3 Å². The number of anilines is 1. The van der Waals surface area contributed by atoms with Gasteiger partial charge >= 0.3 is 12.3 Å². The lowest BCUT2D eigenvalue weighted by Crippen LogP contribution is -2.41. The van der Waals surface area contributed by atoms with Crippen LogP contribution >= 0.6 is 0 Å². The lowest BCUT2D eigenvalue weighted by molar-refractivity contribution is -0.153. The lowest BCUT2D eigenvalue weighted by Gasteiger charge is -2.30. The molecule has 1 aliphatic rings. The first-order valence-electron chi connectivity index (χ1n) is 9.87. The molecule has 32 heavy (non-hydrogen) atoms. The molecule has 0 atom stereocenters. The average molecular weight is 472 g/mol. The van der Waals surface area contributed by atoms with Gasteiger partial charge in [0, 0.05) is 18.8 Å². The summed E-state index contributed by atoms with van der Waals surface area (Å²) in [5, 5.41) is 2.49. The molecular formula is C21H23F3N2O5S. The van der Waals surface area contributed by atoms with Crippen molar-refractivity contribution in [2.45, 2.75) is 36.9 Å². The van der Waals surface area contributed by atoms with Crippen LogP contribution in [-0.4, -0.2) is 50.8 Å². The molecule has 1 amide bonds. The first-order valence-corrected chi connectivity index (χ1v) is 11.3. The van der Waals surface area contributed by atoms with Crippen LogP contribution in [0.2, 0.25) is 0 Å². The number of hydrogen-bond acceptors (Lipinski definition) is 5. The van der Waals surface area contributed by atoms with Crippen molar-refractivity contribution in [1.82, 2.24) is 4.31 Å². The summed E-state index contributed by atoms with van der Waals surface area (Å²) in [5.41, 5.74) is 1.29. The second-order valence-electron chi connectivity index (χ2n) is 7.38. The summed E-state index contributed by atoms with van der Waals surface area (Å²) < 4.78 is 73.3. The van der Waals surface area contributed by atoms with Crippen LogP contribution in [0.5, 0.6) is 5.75 Å². The van der Waals surface area contributed by atoms with Gasteiger partial charge in [0.15, 0.2) is 6.61 Å². The number of rotatable bonds is 6. The van der Waals surface area contributed by atoms with Crippen LogP contribution in [0.15, 0.2) is 53.4 Å². The number of carbonyl (C=O) groups excluding carboxylic acids is 1. The van der Waals surface area contributed by atoms with Gasteiger partial charge in [-0.05, 0) is 56.2 Å². The van der Waals surface area contributed by atoms with Crippen molar-refractivity contribution in [3.63, 3.8) is 0 Å². The first-order chi connectivity index (χ1) is 15.0. The van der Waals surface area contributed by atoms with Crippen molar-refractivity contribution in [3.05, 3.63) is 54.1 Å². The molecule has 1 saturated heterocycles. The van der Waals surface area contributed by atoms with Crippen LogP contribution in [-0.2, 0) is 14.8 Å². The van der Waals surface area contributed by atoms with E-state index in [0.29, 0.717) is 18.5 Å². The number of amides is 1. The van der Waals surface area contributed by atoms with Gasteiger partial charge in [0.1, 0.15) is 11.9 Å². The fourth-order valence-electron chi connectivity index (χ4n) is 3.15. The highest BCUT2D eigenvalue weighted by Crippen LogP contribution is 2.24. The minimum absolute atomic E-state index is 0.0170. The number of piperidine rings is 1. The lowest BCUT2D eigenvalue weighted by atomic mass is 10.1. The number of benzene rings is 2. The van der Waals surface area contributed by atoms with Crippen LogP contribution in [0, 0.1) is 6.92 Å². The van der Waals surface area contributed by atoms with E-state index in [-0.39, 0.29) is 23.7 Å². The van der Waals surface area contributed by atoms with Crippen molar-refractivity contribution in [1.29, 1.82) is 0 Å². The van der Waals surface area contributed by atoms with Crippen LogP contribution in [0.3, 0.4) is 0 Å². The van der Waals surface area contributed by atoms with Crippen molar-refractivity contribution < 1.29 is 35.9 Å². The fourth-order valence-corrected chi connectivity index (χ4v) is 4.62. The largest absolute Gasteiger partial charge is 0.484 e. The summed E-state index contributed by atoms with van der Waals surface area (Å²) in [4.78, 5) is 12.3. The summed E-state index contributed by atoms with van der Waals surface area (Å²) in [6.07, 6.45) is -4.91. The van der Waals surface area contributed by atoms with E-state index < -0.39 is 35.0 Å². The number of alkyl halides is 3. The number of ether oxygens (including phenoxy) is 2. The highest BCUT2D eigenvalue weighted by atomic mass is 32.2. The van der Waals surface area contributed by atoms with Crippen LogP contribution in [0.1, 0.15) is 18.4 Å². The summed E-state index contributed by atoms with van der Waals surface area (Å²) in [5.74, 6) is 0.0170. The Morgan fingerprint density at radius 3 is 2.22 bits per heavy atom. The highest BCUT2D eigenvalue weighted by Gasteiger charge is 2.31. The Kier molecular flexibility index (Phi) is 7.29. The predicted molar refractivity (Wildman–Crippen MR) is 111 cm³/mol. The number of halogens is 3. The van der Waals surface area contributed by atoms with Crippen molar-refractivity contribution in [2.75, 3.05) is 25.0 Å². The summed E-state index contributed by atoms with van der Waals surface area (Å²) in [7, 11) is -3.60. The van der Waals surface area contributed by atoms with E-state index >= 15 is 0 Å². The maximum atomic E-state index is 12.7. The Labute approximate surface area is 184 Å². The molecule has 1 N–H and O–H groups in total. The van der Waals surface area contributed by atoms with Gasteiger partial charge in [0.05, 0.1) is 4.90 Å². The Bertz CT molecular complexity index is 1020. The van der Waals surface area contributed by atoms with Crippen molar-refractivity contribution in [3.8, 4) is 5.75 Å². The second kappa shape index (κ2) is 9.78. The van der Waals surface area contributed by atoms with Gasteiger partial charge in [-0.3, -0.25) is 5.32 Å². The van der Waals surface area contributed by atoms with Gasteiger partial charge in [0.25, 0.3) is 0 Å². The summed E-state index contributed by atoms with van der Waals surface area (Å²) in [6, 6.07) is 12.0. The maximum Gasteiger partial charge on any atom is 0.422 e. The molecule has 1 fully saturated rings. The topological polar surface area (TPSA) is 84.9 Å². The molecule has 0 spiro atoms. The standard InChI is InChI=1S/C21H23F3N2O5S/c1-15-2-8-19(9-3-15)32(28,29)26-12-10-18(11-13-26)31-20(27)25-16-4-6-17(7-5-16)30-14-21(22,23)24/h2-9,18H,10-14H2,1H3,(H,25,27). The molecule has 174 valence electrons. The Morgan fingerprint density at radius 1 is 1.06 bits per heavy atom. The van der Waals surface area contributed by atoms with E-state index in [2.05, 4.69) is 10.1 Å². The average Bonchev–Trinajstić information content (AvgIpc) is 2.73. The second-order valence-corrected chi connectivity index (χ2v) is 9.31. The molecule has 3 rings (SSSR count). The number of nitrogens with zero attached hydrogens (tertiary/aromatic N) is 1. The zero-order chi connectivity index (χ0) is 23.4. The van der Waals surface area contributed by atoms with Crippen molar-refractivity contribution >= 4 is 21.8 Å². The van der Waals surface area contributed by atoms with E-state index in [4.69, 9.17) is 4.74 Å². The molecule has 0 aliphatic carbocycles.